The van der Waals surface area contributed by atoms with Crippen molar-refractivity contribution < 1.29 is 23.0 Å². The fraction of sp³-hybridized carbons (Fsp3) is 0.538. The van der Waals surface area contributed by atoms with Crippen LogP contribution in [0.15, 0.2) is 48.5 Å². The van der Waals surface area contributed by atoms with Crippen LogP contribution in [-0.4, -0.2) is 45.0 Å². The van der Waals surface area contributed by atoms with E-state index in [0.29, 0.717) is 18.8 Å². The Morgan fingerprint density at radius 3 is 1.58 bits per heavy atom. The molecule has 2 heterocycles. The molecule has 0 saturated carbocycles. The third kappa shape index (κ3) is 10.2. The van der Waals surface area contributed by atoms with Crippen molar-refractivity contribution in [1.82, 2.24) is 10.6 Å². The van der Waals surface area contributed by atoms with Gasteiger partial charge in [-0.2, -0.15) is 8.78 Å². The summed E-state index contributed by atoms with van der Waals surface area (Å²) in [6.07, 6.45) is 5.08. The number of ether oxygens (including phenoxy) is 3. The summed E-state index contributed by atoms with van der Waals surface area (Å²) in [7, 11) is 0. The SMILES string of the molecule is Cc1ccc(COC2CCNCC2)cc1.FC(F)Oc1ccc(COC2CCNCC2)cc1. The van der Waals surface area contributed by atoms with Crippen molar-refractivity contribution in [2.75, 3.05) is 26.2 Å². The van der Waals surface area contributed by atoms with Gasteiger partial charge in [-0.15, -0.1) is 0 Å². The highest BCUT2D eigenvalue weighted by Crippen LogP contribution is 2.17. The maximum Gasteiger partial charge on any atom is 0.387 e. The molecule has 0 aromatic heterocycles. The van der Waals surface area contributed by atoms with Gasteiger partial charge >= 0.3 is 6.61 Å². The summed E-state index contributed by atoms with van der Waals surface area (Å²) in [4.78, 5) is 0. The van der Waals surface area contributed by atoms with Gasteiger partial charge in [0.2, 0.25) is 0 Å². The van der Waals surface area contributed by atoms with Crippen LogP contribution in [0.3, 0.4) is 0 Å². The number of piperidine rings is 2. The van der Waals surface area contributed by atoms with Crippen LogP contribution in [0.4, 0.5) is 8.78 Å². The fourth-order valence-corrected chi connectivity index (χ4v) is 3.80. The van der Waals surface area contributed by atoms with Gasteiger partial charge in [0.15, 0.2) is 0 Å². The van der Waals surface area contributed by atoms with Crippen molar-refractivity contribution >= 4 is 0 Å². The van der Waals surface area contributed by atoms with Crippen molar-refractivity contribution in [2.24, 2.45) is 0 Å². The molecule has 2 aromatic rings. The molecular weight excluding hydrogens is 426 g/mol. The molecule has 33 heavy (non-hydrogen) atoms. The van der Waals surface area contributed by atoms with Crippen LogP contribution in [0.25, 0.3) is 0 Å². The van der Waals surface area contributed by atoms with Gasteiger partial charge in [-0.1, -0.05) is 42.0 Å². The first-order valence-electron chi connectivity index (χ1n) is 11.8. The fourth-order valence-electron chi connectivity index (χ4n) is 3.80. The van der Waals surface area contributed by atoms with E-state index in [1.54, 1.807) is 12.1 Å². The van der Waals surface area contributed by atoms with Gasteiger partial charge in [0, 0.05) is 0 Å². The Morgan fingerprint density at radius 1 is 0.727 bits per heavy atom. The van der Waals surface area contributed by atoms with E-state index in [1.807, 2.05) is 0 Å². The largest absolute Gasteiger partial charge is 0.435 e. The maximum atomic E-state index is 12.0. The van der Waals surface area contributed by atoms with Gasteiger partial charge < -0.3 is 24.8 Å². The highest BCUT2D eigenvalue weighted by molar-refractivity contribution is 5.26. The summed E-state index contributed by atoms with van der Waals surface area (Å²) in [5.41, 5.74) is 3.55. The molecule has 2 saturated heterocycles. The Labute approximate surface area is 195 Å². The summed E-state index contributed by atoms with van der Waals surface area (Å²) >= 11 is 0. The van der Waals surface area contributed by atoms with Crippen molar-refractivity contribution in [3.8, 4) is 5.75 Å². The van der Waals surface area contributed by atoms with Crippen LogP contribution >= 0.6 is 0 Å². The van der Waals surface area contributed by atoms with E-state index in [9.17, 15) is 8.78 Å². The third-order valence-electron chi connectivity index (χ3n) is 5.81. The van der Waals surface area contributed by atoms with E-state index in [-0.39, 0.29) is 5.75 Å². The molecule has 5 nitrogen and oxygen atoms in total. The zero-order valence-electron chi connectivity index (χ0n) is 19.4. The average molecular weight is 463 g/mol. The molecule has 182 valence electrons. The Kier molecular flexibility index (Phi) is 11.0. The predicted molar refractivity (Wildman–Crippen MR) is 126 cm³/mol. The molecule has 2 aromatic carbocycles. The quantitative estimate of drug-likeness (QED) is 0.589. The molecule has 0 aliphatic carbocycles. The molecular formula is C26H36F2N2O3. The van der Waals surface area contributed by atoms with Crippen LogP contribution in [0.2, 0.25) is 0 Å². The molecule has 0 unspecified atom stereocenters. The minimum atomic E-state index is -2.78. The lowest BCUT2D eigenvalue weighted by molar-refractivity contribution is -0.0498. The maximum absolute atomic E-state index is 12.0. The number of hydrogen-bond acceptors (Lipinski definition) is 5. The molecule has 4 rings (SSSR count). The van der Waals surface area contributed by atoms with E-state index in [4.69, 9.17) is 9.47 Å². The van der Waals surface area contributed by atoms with Crippen molar-refractivity contribution in [3.05, 3.63) is 65.2 Å². The number of halogens is 2. The van der Waals surface area contributed by atoms with E-state index in [0.717, 1.165) is 64.0 Å². The Morgan fingerprint density at radius 2 is 1.15 bits per heavy atom. The molecule has 0 bridgehead atoms. The topological polar surface area (TPSA) is 51.8 Å². The second kappa shape index (κ2) is 14.3. The zero-order chi connectivity index (χ0) is 23.3. The van der Waals surface area contributed by atoms with Crippen LogP contribution < -0.4 is 15.4 Å². The average Bonchev–Trinajstić information content (AvgIpc) is 2.85. The summed E-state index contributed by atoms with van der Waals surface area (Å²) in [6, 6.07) is 15.1. The third-order valence-corrected chi connectivity index (χ3v) is 5.81. The number of nitrogens with one attached hydrogen (secondary N) is 2. The number of alkyl halides is 2. The molecule has 2 fully saturated rings. The Hall–Kier alpha value is -2.06. The van der Waals surface area contributed by atoms with Crippen molar-refractivity contribution in [1.29, 1.82) is 0 Å². The lowest BCUT2D eigenvalue weighted by Crippen LogP contribution is -2.32. The van der Waals surface area contributed by atoms with Gasteiger partial charge in [-0.3, -0.25) is 0 Å². The number of benzene rings is 2. The molecule has 2 aliphatic rings. The monoisotopic (exact) mass is 462 g/mol. The first-order valence-corrected chi connectivity index (χ1v) is 11.8. The molecule has 2 N–H and O–H groups in total. The van der Waals surface area contributed by atoms with Gasteiger partial charge in [0.1, 0.15) is 5.75 Å². The second-order valence-electron chi connectivity index (χ2n) is 8.53. The molecule has 7 heteroatoms. The number of rotatable bonds is 8. The molecule has 0 atom stereocenters. The second-order valence-corrected chi connectivity index (χ2v) is 8.53. The lowest BCUT2D eigenvalue weighted by atomic mass is 10.1. The van der Waals surface area contributed by atoms with E-state index >= 15 is 0 Å². The van der Waals surface area contributed by atoms with Gasteiger partial charge in [-0.25, -0.2) is 0 Å². The van der Waals surface area contributed by atoms with Crippen LogP contribution in [0.5, 0.6) is 5.75 Å². The van der Waals surface area contributed by atoms with Crippen molar-refractivity contribution in [2.45, 2.75) is 64.6 Å². The summed E-state index contributed by atoms with van der Waals surface area (Å²) < 4.78 is 39.8. The summed E-state index contributed by atoms with van der Waals surface area (Å²) in [5, 5.41) is 6.61. The standard InChI is InChI=1S/C13H17F2NO2.C13H19NO/c14-13(15)18-12-3-1-10(2-4-12)9-17-11-5-7-16-8-6-11;1-11-2-4-12(5-3-11)10-15-13-6-8-14-9-7-13/h1-4,11,13,16H,5-9H2;2-5,13-14H,6-10H2,1H3. The van der Waals surface area contributed by atoms with Crippen LogP contribution in [-0.2, 0) is 22.7 Å². The highest BCUT2D eigenvalue weighted by Gasteiger charge is 2.14. The molecule has 2 aliphatic heterocycles. The normalized spacial score (nSPS) is 17.5. The molecule has 0 amide bonds. The lowest BCUT2D eigenvalue weighted by Gasteiger charge is -2.22. The first kappa shape index (κ1) is 25.6. The van der Waals surface area contributed by atoms with E-state index in [2.05, 4.69) is 46.6 Å². The number of aryl methyl sites for hydroxylation is 1. The first-order chi connectivity index (χ1) is 16.1. The van der Waals surface area contributed by atoms with Crippen molar-refractivity contribution in [3.63, 3.8) is 0 Å². The minimum absolute atomic E-state index is 0.176. The molecule has 0 spiro atoms. The van der Waals surface area contributed by atoms with Gasteiger partial charge in [0.05, 0.1) is 25.4 Å². The summed E-state index contributed by atoms with van der Waals surface area (Å²) in [5.74, 6) is 0.176. The minimum Gasteiger partial charge on any atom is -0.435 e. The smallest absolute Gasteiger partial charge is 0.387 e. The Balaban J connectivity index is 0.000000189. The Bertz CT molecular complexity index is 775. The van der Waals surface area contributed by atoms with Crippen LogP contribution in [0.1, 0.15) is 42.4 Å². The van der Waals surface area contributed by atoms with Gasteiger partial charge in [-0.05, 0) is 82.0 Å². The molecule has 0 radical (unpaired) electrons. The van der Waals surface area contributed by atoms with Gasteiger partial charge in [0.25, 0.3) is 0 Å². The highest BCUT2D eigenvalue weighted by atomic mass is 19.3. The van der Waals surface area contributed by atoms with E-state index < -0.39 is 6.61 Å². The number of hydrogen-bond donors (Lipinski definition) is 2. The van der Waals surface area contributed by atoms with E-state index in [1.165, 1.54) is 23.3 Å². The summed E-state index contributed by atoms with van der Waals surface area (Å²) in [6.45, 7) is 4.78. The predicted octanol–water partition coefficient (Wildman–Crippen LogP) is 4.82. The zero-order valence-corrected chi connectivity index (χ0v) is 19.4. The van der Waals surface area contributed by atoms with Crippen LogP contribution in [0, 0.1) is 6.92 Å².